The first-order chi connectivity index (χ1) is 10.2. The maximum Gasteiger partial charge on any atom is 0.223 e. The first-order valence-corrected chi connectivity index (χ1v) is 7.21. The highest BCUT2D eigenvalue weighted by Gasteiger charge is 2.38. The summed E-state index contributed by atoms with van der Waals surface area (Å²) in [5.74, 6) is 0.336. The molecule has 3 rings (SSSR count). The Labute approximate surface area is 124 Å². The Kier molecular flexibility index (Phi) is 3.75. The zero-order valence-corrected chi connectivity index (χ0v) is 12.1. The number of hydrogen-bond acceptors (Lipinski definition) is 3. The Morgan fingerprint density at radius 3 is 2.81 bits per heavy atom. The normalized spacial score (nSPS) is 22.0. The fourth-order valence-electron chi connectivity index (χ4n) is 3.05. The summed E-state index contributed by atoms with van der Waals surface area (Å²) in [6.45, 7) is 1.25. The number of likely N-dealkylation sites (tertiary alicyclic amines) is 1. The molecule has 1 aliphatic rings. The second-order valence-electron chi connectivity index (χ2n) is 5.61. The summed E-state index contributed by atoms with van der Waals surface area (Å²) in [5, 5.41) is 4.42. The molecular weight excluding hydrogens is 264 g/mol. The third kappa shape index (κ3) is 2.69. The molecule has 110 valence electrons. The second-order valence-corrected chi connectivity index (χ2v) is 5.61. The SMILES string of the molecule is CN1C(=O)C[C@H](CN)[C@@H]1c1cnn(Cc2ccccc2)c1. The summed E-state index contributed by atoms with van der Waals surface area (Å²) in [7, 11) is 1.84. The molecule has 0 unspecified atom stereocenters. The van der Waals surface area contributed by atoms with E-state index in [1.54, 1.807) is 4.90 Å². The van der Waals surface area contributed by atoms with E-state index in [0.717, 1.165) is 12.1 Å². The molecule has 0 saturated carbocycles. The number of hydrogen-bond donors (Lipinski definition) is 1. The minimum absolute atomic E-state index is 0.0482. The lowest BCUT2D eigenvalue weighted by molar-refractivity contribution is -0.127. The minimum Gasteiger partial charge on any atom is -0.338 e. The highest BCUT2D eigenvalue weighted by Crippen LogP contribution is 2.35. The average molecular weight is 284 g/mol. The van der Waals surface area contributed by atoms with Crippen molar-refractivity contribution in [2.24, 2.45) is 11.7 Å². The number of carbonyl (C=O) groups excluding carboxylic acids is 1. The maximum atomic E-state index is 11.9. The van der Waals surface area contributed by atoms with Crippen LogP contribution in [0.4, 0.5) is 0 Å². The van der Waals surface area contributed by atoms with Crippen LogP contribution in [0, 0.1) is 5.92 Å². The fraction of sp³-hybridized carbons (Fsp3) is 0.375. The van der Waals surface area contributed by atoms with Crippen LogP contribution in [0.2, 0.25) is 0 Å². The zero-order chi connectivity index (χ0) is 14.8. The van der Waals surface area contributed by atoms with Crippen molar-refractivity contribution in [3.05, 3.63) is 53.9 Å². The van der Waals surface area contributed by atoms with Crippen molar-refractivity contribution in [1.82, 2.24) is 14.7 Å². The smallest absolute Gasteiger partial charge is 0.223 e. The monoisotopic (exact) mass is 284 g/mol. The molecule has 1 aromatic carbocycles. The quantitative estimate of drug-likeness (QED) is 0.923. The van der Waals surface area contributed by atoms with Crippen molar-refractivity contribution in [3.63, 3.8) is 0 Å². The summed E-state index contributed by atoms with van der Waals surface area (Å²) in [4.78, 5) is 13.7. The van der Waals surface area contributed by atoms with Gasteiger partial charge in [0.1, 0.15) is 0 Å². The molecule has 2 atom stereocenters. The van der Waals surface area contributed by atoms with Crippen LogP contribution in [0.15, 0.2) is 42.7 Å². The van der Waals surface area contributed by atoms with Crippen molar-refractivity contribution >= 4 is 5.91 Å². The van der Waals surface area contributed by atoms with Gasteiger partial charge in [0.2, 0.25) is 5.91 Å². The van der Waals surface area contributed by atoms with Gasteiger partial charge in [-0.2, -0.15) is 5.10 Å². The van der Waals surface area contributed by atoms with E-state index in [9.17, 15) is 4.79 Å². The molecule has 0 radical (unpaired) electrons. The van der Waals surface area contributed by atoms with Gasteiger partial charge in [-0.15, -0.1) is 0 Å². The van der Waals surface area contributed by atoms with Crippen molar-refractivity contribution in [3.8, 4) is 0 Å². The largest absolute Gasteiger partial charge is 0.338 e. The predicted octanol–water partition coefficient (Wildman–Crippen LogP) is 1.41. The molecule has 0 aliphatic carbocycles. The molecule has 1 aliphatic heterocycles. The standard InChI is InChI=1S/C16H20N4O/c1-19-15(21)7-13(8-17)16(19)14-9-18-20(11-14)10-12-5-3-2-4-6-12/h2-6,9,11,13,16H,7-8,10,17H2,1H3/t13-,16-/m1/s1. The van der Waals surface area contributed by atoms with Crippen LogP contribution in [-0.2, 0) is 11.3 Å². The summed E-state index contributed by atoms with van der Waals surface area (Å²) < 4.78 is 1.91. The predicted molar refractivity (Wildman–Crippen MR) is 80.4 cm³/mol. The Morgan fingerprint density at radius 1 is 1.33 bits per heavy atom. The lowest BCUT2D eigenvalue weighted by atomic mass is 9.96. The van der Waals surface area contributed by atoms with Crippen molar-refractivity contribution in [2.75, 3.05) is 13.6 Å². The molecule has 1 saturated heterocycles. The van der Waals surface area contributed by atoms with Crippen LogP contribution >= 0.6 is 0 Å². The Hall–Kier alpha value is -2.14. The molecule has 5 nitrogen and oxygen atoms in total. The molecule has 1 fully saturated rings. The van der Waals surface area contributed by atoms with Crippen LogP contribution < -0.4 is 5.73 Å². The van der Waals surface area contributed by atoms with E-state index in [1.165, 1.54) is 5.56 Å². The molecule has 21 heavy (non-hydrogen) atoms. The van der Waals surface area contributed by atoms with Gasteiger partial charge in [-0.3, -0.25) is 9.48 Å². The maximum absolute atomic E-state index is 11.9. The van der Waals surface area contributed by atoms with Crippen LogP contribution in [-0.4, -0.2) is 34.2 Å². The number of aromatic nitrogens is 2. The van der Waals surface area contributed by atoms with E-state index in [2.05, 4.69) is 17.2 Å². The summed E-state index contributed by atoms with van der Waals surface area (Å²) in [6, 6.07) is 10.3. The minimum atomic E-state index is 0.0482. The molecule has 0 bridgehead atoms. The number of benzene rings is 1. The lowest BCUT2D eigenvalue weighted by Gasteiger charge is -2.22. The van der Waals surface area contributed by atoms with Gasteiger partial charge in [0.15, 0.2) is 0 Å². The van der Waals surface area contributed by atoms with Gasteiger partial charge in [-0.25, -0.2) is 0 Å². The van der Waals surface area contributed by atoms with Gasteiger partial charge in [0.05, 0.1) is 18.8 Å². The van der Waals surface area contributed by atoms with E-state index in [4.69, 9.17) is 5.73 Å². The van der Waals surface area contributed by atoms with Gasteiger partial charge in [0.25, 0.3) is 0 Å². The third-order valence-electron chi connectivity index (χ3n) is 4.18. The molecule has 2 N–H and O–H groups in total. The van der Waals surface area contributed by atoms with E-state index in [0.29, 0.717) is 13.0 Å². The van der Waals surface area contributed by atoms with E-state index in [1.807, 2.05) is 42.3 Å². The molecular formula is C16H20N4O. The molecule has 5 heteroatoms. The van der Waals surface area contributed by atoms with Gasteiger partial charge in [-0.1, -0.05) is 30.3 Å². The third-order valence-corrected chi connectivity index (χ3v) is 4.18. The molecule has 0 spiro atoms. The Bertz CT molecular complexity index is 622. The van der Waals surface area contributed by atoms with Gasteiger partial charge in [-0.05, 0) is 12.1 Å². The first-order valence-electron chi connectivity index (χ1n) is 7.21. The van der Waals surface area contributed by atoms with Gasteiger partial charge >= 0.3 is 0 Å². The number of nitrogens with zero attached hydrogens (tertiary/aromatic N) is 3. The second kappa shape index (κ2) is 5.69. The Morgan fingerprint density at radius 2 is 2.10 bits per heavy atom. The van der Waals surface area contributed by atoms with Crippen LogP contribution in [0.25, 0.3) is 0 Å². The number of carbonyl (C=O) groups is 1. The van der Waals surface area contributed by atoms with Crippen LogP contribution in [0.3, 0.4) is 0 Å². The van der Waals surface area contributed by atoms with Gasteiger partial charge in [0, 0.05) is 31.1 Å². The summed E-state index contributed by atoms with van der Waals surface area (Å²) in [5.41, 5.74) is 8.08. The number of amides is 1. The summed E-state index contributed by atoms with van der Waals surface area (Å²) in [6.07, 6.45) is 4.41. The van der Waals surface area contributed by atoms with Crippen molar-refractivity contribution in [2.45, 2.75) is 19.0 Å². The number of nitrogens with two attached hydrogens (primary N) is 1. The highest BCUT2D eigenvalue weighted by molar-refractivity contribution is 5.79. The first kappa shape index (κ1) is 13.8. The van der Waals surface area contributed by atoms with E-state index >= 15 is 0 Å². The number of rotatable bonds is 4. The van der Waals surface area contributed by atoms with E-state index in [-0.39, 0.29) is 17.9 Å². The summed E-state index contributed by atoms with van der Waals surface area (Å²) >= 11 is 0. The van der Waals surface area contributed by atoms with Crippen molar-refractivity contribution in [1.29, 1.82) is 0 Å². The van der Waals surface area contributed by atoms with Gasteiger partial charge < -0.3 is 10.6 Å². The zero-order valence-electron chi connectivity index (χ0n) is 12.1. The molecule has 2 heterocycles. The van der Waals surface area contributed by atoms with Crippen molar-refractivity contribution < 1.29 is 4.79 Å². The Balaban J connectivity index is 1.80. The fourth-order valence-corrected chi connectivity index (χ4v) is 3.05. The lowest BCUT2D eigenvalue weighted by Crippen LogP contribution is -2.26. The topological polar surface area (TPSA) is 64.2 Å². The highest BCUT2D eigenvalue weighted by atomic mass is 16.2. The van der Waals surface area contributed by atoms with Crippen LogP contribution in [0.1, 0.15) is 23.6 Å². The average Bonchev–Trinajstić information content (AvgIpc) is 3.05. The molecule has 2 aromatic rings. The van der Waals surface area contributed by atoms with Crippen LogP contribution in [0.5, 0.6) is 0 Å². The molecule has 1 aromatic heterocycles. The van der Waals surface area contributed by atoms with E-state index < -0.39 is 0 Å². The molecule has 1 amide bonds.